The molecule has 0 aliphatic heterocycles. The van der Waals surface area contributed by atoms with E-state index >= 15 is 0 Å². The summed E-state index contributed by atoms with van der Waals surface area (Å²) in [5.41, 5.74) is -0.704. The molecule has 0 aliphatic carbocycles. The molecule has 0 aromatic carbocycles. The van der Waals surface area contributed by atoms with Crippen molar-refractivity contribution in [3.8, 4) is 5.75 Å². The molecule has 0 N–H and O–H groups in total. The summed E-state index contributed by atoms with van der Waals surface area (Å²) in [7, 11) is 1.22. The highest BCUT2D eigenvalue weighted by molar-refractivity contribution is 7.08. The Bertz CT molecular complexity index is 240. The number of hydrogen-bond acceptors (Lipinski definition) is 2. The van der Waals surface area contributed by atoms with Crippen molar-refractivity contribution >= 4 is 11.3 Å². The standard InChI is InChI=1S/C6H5F3OS/c1-10-5-3-11-2-4(5)6(7,8)9/h2-3H,1H3. The smallest absolute Gasteiger partial charge is 0.420 e. The topological polar surface area (TPSA) is 9.23 Å². The molecule has 0 bridgehead atoms. The van der Waals surface area contributed by atoms with Crippen LogP contribution in [0.3, 0.4) is 0 Å². The number of alkyl halides is 3. The summed E-state index contributed by atoms with van der Waals surface area (Å²) in [5.74, 6) is -0.109. The molecule has 5 heteroatoms. The lowest BCUT2D eigenvalue weighted by Gasteiger charge is -2.05. The molecule has 0 aliphatic rings. The zero-order chi connectivity index (χ0) is 8.48. The van der Waals surface area contributed by atoms with Gasteiger partial charge in [-0.15, -0.1) is 11.3 Å². The van der Waals surface area contributed by atoms with E-state index in [-0.39, 0.29) is 5.75 Å². The Morgan fingerprint density at radius 3 is 2.36 bits per heavy atom. The van der Waals surface area contributed by atoms with Crippen LogP contribution in [0.1, 0.15) is 5.56 Å². The van der Waals surface area contributed by atoms with Gasteiger partial charge in [0.2, 0.25) is 0 Å². The van der Waals surface area contributed by atoms with Crippen LogP contribution in [0.2, 0.25) is 0 Å². The van der Waals surface area contributed by atoms with Crippen molar-refractivity contribution in [1.82, 2.24) is 0 Å². The minimum Gasteiger partial charge on any atom is -0.495 e. The zero-order valence-corrected chi connectivity index (χ0v) is 6.42. The minimum atomic E-state index is -4.30. The Hall–Kier alpha value is -0.710. The van der Waals surface area contributed by atoms with E-state index in [0.29, 0.717) is 0 Å². The molecule has 62 valence electrons. The highest BCUT2D eigenvalue weighted by Gasteiger charge is 2.34. The number of thiophene rings is 1. The van der Waals surface area contributed by atoms with E-state index in [0.717, 1.165) is 16.7 Å². The Balaban J connectivity index is 3.02. The lowest BCUT2D eigenvalue weighted by Crippen LogP contribution is -2.04. The van der Waals surface area contributed by atoms with Crippen LogP contribution in [0.15, 0.2) is 10.8 Å². The number of ether oxygens (including phenoxy) is 1. The van der Waals surface area contributed by atoms with Gasteiger partial charge in [0.05, 0.1) is 7.11 Å². The maximum absolute atomic E-state index is 12.0. The molecule has 0 atom stereocenters. The molecular weight excluding hydrogens is 177 g/mol. The van der Waals surface area contributed by atoms with E-state index in [9.17, 15) is 13.2 Å². The fourth-order valence-corrected chi connectivity index (χ4v) is 1.45. The third-order valence-corrected chi connectivity index (χ3v) is 1.87. The molecule has 1 rings (SSSR count). The van der Waals surface area contributed by atoms with E-state index in [1.54, 1.807) is 0 Å². The van der Waals surface area contributed by atoms with Crippen molar-refractivity contribution in [1.29, 1.82) is 0 Å². The molecule has 1 aromatic heterocycles. The number of rotatable bonds is 1. The van der Waals surface area contributed by atoms with Crippen LogP contribution in [-0.4, -0.2) is 7.11 Å². The minimum absolute atomic E-state index is 0.109. The van der Waals surface area contributed by atoms with Crippen molar-refractivity contribution < 1.29 is 17.9 Å². The van der Waals surface area contributed by atoms with Crippen molar-refractivity contribution in [2.45, 2.75) is 6.18 Å². The molecule has 0 saturated carbocycles. The average Bonchev–Trinajstić information content (AvgIpc) is 2.31. The third kappa shape index (κ3) is 1.65. The van der Waals surface area contributed by atoms with Gasteiger partial charge in [0.15, 0.2) is 0 Å². The van der Waals surface area contributed by atoms with E-state index in [2.05, 4.69) is 4.74 Å². The lowest BCUT2D eigenvalue weighted by molar-refractivity contribution is -0.138. The molecule has 1 heterocycles. The summed E-state index contributed by atoms with van der Waals surface area (Å²) < 4.78 is 40.5. The van der Waals surface area contributed by atoms with Gasteiger partial charge in [0.1, 0.15) is 11.3 Å². The fraction of sp³-hybridized carbons (Fsp3) is 0.333. The Labute approximate surface area is 65.4 Å². The van der Waals surface area contributed by atoms with Gasteiger partial charge in [0.25, 0.3) is 0 Å². The summed E-state index contributed by atoms with van der Waals surface area (Å²) in [5, 5.41) is 2.35. The highest BCUT2D eigenvalue weighted by Crippen LogP contribution is 2.38. The SMILES string of the molecule is COc1cscc1C(F)(F)F. The van der Waals surface area contributed by atoms with Crippen molar-refractivity contribution in [3.63, 3.8) is 0 Å². The molecule has 0 saturated heterocycles. The predicted molar refractivity (Wildman–Crippen MR) is 35.9 cm³/mol. The van der Waals surface area contributed by atoms with Crippen LogP contribution in [0, 0.1) is 0 Å². The Morgan fingerprint density at radius 2 is 2.00 bits per heavy atom. The Morgan fingerprint density at radius 1 is 1.36 bits per heavy atom. The van der Waals surface area contributed by atoms with Gasteiger partial charge >= 0.3 is 6.18 Å². The van der Waals surface area contributed by atoms with Gasteiger partial charge in [0, 0.05) is 10.8 Å². The van der Waals surface area contributed by atoms with Crippen molar-refractivity contribution in [2.75, 3.05) is 7.11 Å². The predicted octanol–water partition coefficient (Wildman–Crippen LogP) is 2.78. The normalized spacial score (nSPS) is 11.6. The Kier molecular flexibility index (Phi) is 2.08. The summed E-state index contributed by atoms with van der Waals surface area (Å²) in [4.78, 5) is 0. The first-order valence-electron chi connectivity index (χ1n) is 2.73. The molecule has 1 aromatic rings. The largest absolute Gasteiger partial charge is 0.495 e. The monoisotopic (exact) mass is 182 g/mol. The molecule has 0 radical (unpaired) electrons. The summed E-state index contributed by atoms with van der Waals surface area (Å²) in [6, 6.07) is 0. The third-order valence-electron chi connectivity index (χ3n) is 1.15. The number of halogens is 3. The van der Waals surface area contributed by atoms with Gasteiger partial charge in [-0.05, 0) is 0 Å². The quantitative estimate of drug-likeness (QED) is 0.648. The maximum Gasteiger partial charge on any atom is 0.420 e. The molecule has 1 nitrogen and oxygen atoms in total. The first-order chi connectivity index (χ1) is 5.05. The summed E-state index contributed by atoms with van der Waals surface area (Å²) in [6.07, 6.45) is -4.30. The van der Waals surface area contributed by atoms with Crippen LogP contribution in [0.25, 0.3) is 0 Å². The maximum atomic E-state index is 12.0. The van der Waals surface area contributed by atoms with E-state index in [1.807, 2.05) is 0 Å². The van der Waals surface area contributed by atoms with Gasteiger partial charge in [-0.3, -0.25) is 0 Å². The second kappa shape index (κ2) is 2.73. The number of hydrogen-bond donors (Lipinski definition) is 0. The first kappa shape index (κ1) is 8.39. The molecule has 0 fully saturated rings. The van der Waals surface area contributed by atoms with Gasteiger partial charge < -0.3 is 4.74 Å². The van der Waals surface area contributed by atoms with Crippen molar-refractivity contribution in [2.24, 2.45) is 0 Å². The molecule has 11 heavy (non-hydrogen) atoms. The van der Waals surface area contributed by atoms with Crippen LogP contribution in [-0.2, 0) is 6.18 Å². The first-order valence-corrected chi connectivity index (χ1v) is 3.67. The second-order valence-electron chi connectivity index (χ2n) is 1.85. The van der Waals surface area contributed by atoms with Crippen molar-refractivity contribution in [3.05, 3.63) is 16.3 Å². The summed E-state index contributed by atoms with van der Waals surface area (Å²) in [6.45, 7) is 0. The molecule has 0 spiro atoms. The fourth-order valence-electron chi connectivity index (χ4n) is 0.650. The summed E-state index contributed by atoms with van der Waals surface area (Å²) >= 11 is 0.973. The van der Waals surface area contributed by atoms with Crippen LogP contribution in [0.4, 0.5) is 13.2 Å². The highest BCUT2D eigenvalue weighted by atomic mass is 32.1. The second-order valence-corrected chi connectivity index (χ2v) is 2.60. The van der Waals surface area contributed by atoms with Crippen LogP contribution >= 0.6 is 11.3 Å². The van der Waals surface area contributed by atoms with E-state index in [1.165, 1.54) is 12.5 Å². The molecular formula is C6H5F3OS. The average molecular weight is 182 g/mol. The van der Waals surface area contributed by atoms with Gasteiger partial charge in [-0.2, -0.15) is 13.2 Å². The van der Waals surface area contributed by atoms with Crippen LogP contribution in [0.5, 0.6) is 5.75 Å². The lowest BCUT2D eigenvalue weighted by atomic mass is 10.3. The molecule has 0 amide bonds. The van der Waals surface area contributed by atoms with Gasteiger partial charge in [-0.25, -0.2) is 0 Å². The molecule has 0 unspecified atom stereocenters. The zero-order valence-electron chi connectivity index (χ0n) is 5.61. The van der Waals surface area contributed by atoms with Gasteiger partial charge in [-0.1, -0.05) is 0 Å². The number of methoxy groups -OCH3 is 1. The van der Waals surface area contributed by atoms with E-state index in [4.69, 9.17) is 0 Å². The van der Waals surface area contributed by atoms with Crippen LogP contribution < -0.4 is 4.74 Å². The van der Waals surface area contributed by atoms with E-state index < -0.39 is 11.7 Å².